The van der Waals surface area contributed by atoms with Gasteiger partial charge >= 0.3 is 5.97 Å². The first kappa shape index (κ1) is 54.1. The normalized spacial score (nSPS) is 13.0. The van der Waals surface area contributed by atoms with Crippen molar-refractivity contribution in [3.8, 4) is 5.75 Å². The molecule has 1 heterocycles. The highest BCUT2D eigenvalue weighted by atomic mass is 35.5. The Labute approximate surface area is 428 Å². The Hall–Kier alpha value is -7.22. The van der Waals surface area contributed by atoms with Crippen LogP contribution in [0, 0.1) is 0 Å². The van der Waals surface area contributed by atoms with Gasteiger partial charge < -0.3 is 41.8 Å². The monoisotopic (exact) mass is 993 g/mol. The Morgan fingerprint density at radius 2 is 1.17 bits per heavy atom. The molecule has 0 saturated carbocycles. The summed E-state index contributed by atoms with van der Waals surface area (Å²) in [5.41, 5.74) is 11.6. The number of aliphatic carboxylic acids is 1. The van der Waals surface area contributed by atoms with Gasteiger partial charge in [-0.25, -0.2) is 9.78 Å². The summed E-state index contributed by atoms with van der Waals surface area (Å²) in [5.74, 6) is -3.23. The molecule has 3 amide bonds. The highest BCUT2D eigenvalue weighted by Crippen LogP contribution is 2.41. The van der Waals surface area contributed by atoms with Crippen molar-refractivity contribution >= 4 is 35.3 Å². The lowest BCUT2D eigenvalue weighted by atomic mass is 9.77. The van der Waals surface area contributed by atoms with Crippen molar-refractivity contribution in [2.75, 3.05) is 6.54 Å². The van der Waals surface area contributed by atoms with Gasteiger partial charge in [-0.15, -0.1) is 0 Å². The number of carboxylic acids is 1. The minimum absolute atomic E-state index is 0.00988. The fourth-order valence-corrected chi connectivity index (χ4v) is 9.08. The Morgan fingerprint density at radius 1 is 0.653 bits per heavy atom. The van der Waals surface area contributed by atoms with Crippen molar-refractivity contribution in [1.82, 2.24) is 30.8 Å². The summed E-state index contributed by atoms with van der Waals surface area (Å²) in [4.78, 5) is 60.1. The van der Waals surface area contributed by atoms with Crippen molar-refractivity contribution in [1.29, 1.82) is 0 Å². The summed E-state index contributed by atoms with van der Waals surface area (Å²) >= 11 is 6.18. The van der Waals surface area contributed by atoms with Crippen LogP contribution in [-0.4, -0.2) is 74.2 Å². The molecule has 0 radical (unpaired) electrons. The Kier molecular flexibility index (Phi) is 20.6. The first-order chi connectivity index (χ1) is 34.9. The number of benzene rings is 5. The highest BCUT2D eigenvalue weighted by molar-refractivity contribution is 6.30. The van der Waals surface area contributed by atoms with Crippen LogP contribution in [0.5, 0.6) is 5.75 Å². The average molecular weight is 995 g/mol. The zero-order valence-electron chi connectivity index (χ0n) is 41.0. The fraction of sp³-hybridized carbons (Fsp3) is 0.328. The van der Waals surface area contributed by atoms with Gasteiger partial charge in [-0.2, -0.15) is 0 Å². The lowest BCUT2D eigenvalue weighted by Gasteiger charge is -2.37. The molecule has 0 aliphatic rings. The van der Waals surface area contributed by atoms with Crippen molar-refractivity contribution in [2.24, 2.45) is 5.73 Å². The number of aromatic hydroxyl groups is 1. The van der Waals surface area contributed by atoms with Gasteiger partial charge in [0.1, 0.15) is 29.4 Å². The summed E-state index contributed by atoms with van der Waals surface area (Å²) in [6, 6.07) is 38.4. The molecule has 0 bridgehead atoms. The minimum Gasteiger partial charge on any atom is -0.508 e. The second kappa shape index (κ2) is 27.4. The van der Waals surface area contributed by atoms with Crippen molar-refractivity contribution in [3.05, 3.63) is 203 Å². The molecule has 0 saturated heterocycles. The first-order valence-electron chi connectivity index (χ1n) is 24.9. The van der Waals surface area contributed by atoms with Gasteiger partial charge in [-0.3, -0.25) is 14.4 Å². The lowest BCUT2D eigenvalue weighted by Crippen LogP contribution is -2.58. The molecule has 378 valence electrons. The second-order valence-corrected chi connectivity index (χ2v) is 18.7. The van der Waals surface area contributed by atoms with Gasteiger partial charge in [0.25, 0.3) is 0 Å². The number of aromatic nitrogens is 2. The van der Waals surface area contributed by atoms with Gasteiger partial charge in [0.15, 0.2) is 0 Å². The van der Waals surface area contributed by atoms with Gasteiger partial charge in [0.2, 0.25) is 17.7 Å². The molecule has 0 fully saturated rings. The number of rotatable bonds is 29. The van der Waals surface area contributed by atoms with Crippen molar-refractivity contribution in [3.63, 3.8) is 0 Å². The van der Waals surface area contributed by atoms with Crippen LogP contribution in [0.1, 0.15) is 98.2 Å². The molecule has 8 N–H and O–H groups in total. The third-order valence-corrected chi connectivity index (χ3v) is 13.1. The van der Waals surface area contributed by atoms with Crippen LogP contribution in [0.4, 0.5) is 0 Å². The Balaban J connectivity index is 1.21. The van der Waals surface area contributed by atoms with Crippen LogP contribution in [0.15, 0.2) is 164 Å². The number of phenols is 1. The summed E-state index contributed by atoms with van der Waals surface area (Å²) < 4.78 is 2.05. The summed E-state index contributed by atoms with van der Waals surface area (Å²) in [6.07, 6.45) is 11.7. The quantitative estimate of drug-likeness (QED) is 0.0178. The molecular weight excluding hydrogens is 926 g/mol. The number of carboxylic acid groups (broad SMARTS) is 1. The van der Waals surface area contributed by atoms with Crippen LogP contribution in [0.2, 0.25) is 5.02 Å². The molecule has 14 heteroatoms. The largest absolute Gasteiger partial charge is 0.508 e. The van der Waals surface area contributed by atoms with E-state index in [1.807, 2.05) is 65.4 Å². The Bertz CT molecular complexity index is 2550. The second-order valence-electron chi connectivity index (χ2n) is 18.3. The number of halogens is 1. The van der Waals surface area contributed by atoms with E-state index in [9.17, 15) is 29.4 Å². The molecule has 5 aromatic carbocycles. The van der Waals surface area contributed by atoms with E-state index in [0.29, 0.717) is 41.2 Å². The van der Waals surface area contributed by atoms with E-state index in [1.165, 1.54) is 31.4 Å². The van der Waals surface area contributed by atoms with Crippen LogP contribution in [-0.2, 0) is 44.0 Å². The van der Waals surface area contributed by atoms with E-state index in [1.54, 1.807) is 42.7 Å². The van der Waals surface area contributed by atoms with Crippen molar-refractivity contribution < 1.29 is 29.4 Å². The van der Waals surface area contributed by atoms with E-state index in [2.05, 4.69) is 71.2 Å². The molecule has 6 aromatic rings. The highest BCUT2D eigenvalue weighted by Gasteiger charge is 2.39. The smallest absolute Gasteiger partial charge is 0.326 e. The van der Waals surface area contributed by atoms with Gasteiger partial charge in [-0.1, -0.05) is 166 Å². The molecule has 6 rings (SSSR count). The van der Waals surface area contributed by atoms with E-state index in [4.69, 9.17) is 22.3 Å². The number of nitrogens with one attached hydrogen (secondary N) is 4. The average Bonchev–Trinajstić information content (AvgIpc) is 3.85. The first-order valence-corrected chi connectivity index (χ1v) is 25.3. The number of phenolic OH excluding ortho intramolecular Hbond substituents is 1. The fourth-order valence-electron chi connectivity index (χ4n) is 8.95. The van der Waals surface area contributed by atoms with Crippen molar-refractivity contribution in [2.45, 2.75) is 114 Å². The van der Waals surface area contributed by atoms with Crippen LogP contribution < -0.4 is 27.0 Å². The van der Waals surface area contributed by atoms with Crippen LogP contribution in [0.3, 0.4) is 0 Å². The predicted octanol–water partition coefficient (Wildman–Crippen LogP) is 8.61. The van der Waals surface area contributed by atoms with E-state index in [-0.39, 0.29) is 31.4 Å². The number of unbranched alkanes of at least 4 members (excludes halogenated alkanes) is 5. The maximum absolute atomic E-state index is 14.5. The number of amides is 3. The molecule has 4 atom stereocenters. The molecule has 72 heavy (non-hydrogen) atoms. The predicted molar refractivity (Wildman–Crippen MR) is 283 cm³/mol. The van der Waals surface area contributed by atoms with Crippen LogP contribution >= 0.6 is 11.6 Å². The number of nitrogens with zero attached hydrogens (tertiary/aromatic N) is 2. The maximum Gasteiger partial charge on any atom is 0.326 e. The molecule has 4 unspecified atom stereocenters. The number of carbonyl (C=O) groups is 4. The van der Waals surface area contributed by atoms with Gasteiger partial charge in [-0.05, 0) is 84.2 Å². The molecule has 13 nitrogen and oxygen atoms in total. The lowest BCUT2D eigenvalue weighted by molar-refractivity contribution is -0.142. The zero-order valence-corrected chi connectivity index (χ0v) is 41.8. The molecule has 1 aromatic heterocycles. The van der Waals surface area contributed by atoms with E-state index >= 15 is 0 Å². The molecular formula is C58H68ClN7O6. The zero-order chi connectivity index (χ0) is 51.3. The summed E-state index contributed by atoms with van der Waals surface area (Å²) in [5, 5.41) is 32.2. The number of carbonyl (C=O) groups excluding carboxylic acids is 3. The minimum atomic E-state index is -1.36. The Morgan fingerprint density at radius 3 is 1.74 bits per heavy atom. The third kappa shape index (κ3) is 15.4. The molecule has 0 spiro atoms. The molecule has 0 aliphatic heterocycles. The number of allylic oxidation sites excluding steroid dienone is 1. The van der Waals surface area contributed by atoms with E-state index in [0.717, 1.165) is 41.6 Å². The SMILES string of the molecule is C=C(CCCCCCC)NCCCCC(NC(=O)C(N)Cc1cn(C(c2ccccc2)(c2ccccc2)c2ccccc2)cn1)C(=O)NC(Cc1ccc(Cl)cc1)C(=O)NC(Cc1ccc(O)cc1)C(=O)O. The number of hydrogen-bond donors (Lipinski definition) is 7. The number of hydrogen-bond acceptors (Lipinski definition) is 8. The van der Waals surface area contributed by atoms with Gasteiger partial charge in [0, 0.05) is 42.7 Å². The summed E-state index contributed by atoms with van der Waals surface area (Å²) in [6.45, 7) is 7.00. The number of nitrogens with two attached hydrogens (primary N) is 1. The van der Waals surface area contributed by atoms with Gasteiger partial charge in [0.05, 0.1) is 18.1 Å². The van der Waals surface area contributed by atoms with Crippen LogP contribution in [0.25, 0.3) is 0 Å². The summed E-state index contributed by atoms with van der Waals surface area (Å²) in [7, 11) is 0. The van der Waals surface area contributed by atoms with E-state index < -0.39 is 53.4 Å². The maximum atomic E-state index is 14.5. The standard InChI is InChI=1S/C58H68ClN7O6/c1-3-4-5-6-10-19-41(2)61-35-18-17-26-51(55(69)64-52(36-42-27-31-47(59)32-28-42)56(70)65-53(57(71)72)37-43-29-33-49(67)34-30-43)63-54(68)50(60)38-48-39-66(40-62-48)58(44-20-11-7-12-21-44,45-22-13-8-14-23-45)46-24-15-9-16-25-46/h7-9,11-16,20-25,27-34,39-40,50-53,61,67H,2-6,10,17-19,26,35-38,60H2,1H3,(H,63,68)(H,64,69)(H,65,70)(H,71,72). The topological polar surface area (TPSA) is 201 Å². The molecule has 0 aliphatic carbocycles. The number of imidazole rings is 1. The third-order valence-electron chi connectivity index (χ3n) is 12.9.